The molecule has 2 aromatic carbocycles. The highest BCUT2D eigenvalue weighted by Gasteiger charge is 2.05. The molecule has 3 nitrogen and oxygen atoms in total. The van der Waals surface area contributed by atoms with E-state index >= 15 is 0 Å². The van der Waals surface area contributed by atoms with E-state index in [1.807, 2.05) is 53.9 Å². The second-order valence-corrected chi connectivity index (χ2v) is 6.04. The Hall–Kier alpha value is -2.04. The van der Waals surface area contributed by atoms with E-state index in [4.69, 9.17) is 16.3 Å². The molecule has 3 aromatic rings. The number of aromatic nitrogens is 1. The van der Waals surface area contributed by atoms with Crippen molar-refractivity contribution in [3.05, 3.63) is 64.5 Å². The minimum absolute atomic E-state index is 0.729. The average Bonchev–Trinajstić information content (AvgIpc) is 3.03. The second-order valence-electron chi connectivity index (χ2n) is 4.75. The van der Waals surface area contributed by atoms with Gasteiger partial charge in [0, 0.05) is 22.5 Å². The third kappa shape index (κ3) is 3.59. The Morgan fingerprint density at radius 3 is 2.50 bits per heavy atom. The molecule has 3 rings (SSSR count). The summed E-state index contributed by atoms with van der Waals surface area (Å²) in [5, 5.41) is 7.03. The predicted octanol–water partition coefficient (Wildman–Crippen LogP) is 5.08. The molecule has 0 bridgehead atoms. The molecule has 22 heavy (non-hydrogen) atoms. The molecule has 1 aromatic heterocycles. The van der Waals surface area contributed by atoms with Crippen molar-refractivity contribution in [3.8, 4) is 17.0 Å². The summed E-state index contributed by atoms with van der Waals surface area (Å²) >= 11 is 7.48. The van der Waals surface area contributed by atoms with Gasteiger partial charge in [0.15, 0.2) is 5.13 Å². The number of ether oxygens (including phenoxy) is 1. The van der Waals surface area contributed by atoms with Crippen molar-refractivity contribution in [1.29, 1.82) is 0 Å². The van der Waals surface area contributed by atoms with Gasteiger partial charge >= 0.3 is 0 Å². The zero-order valence-corrected chi connectivity index (χ0v) is 13.6. The second kappa shape index (κ2) is 6.81. The molecule has 0 aliphatic rings. The van der Waals surface area contributed by atoms with Crippen LogP contribution in [0.15, 0.2) is 53.9 Å². The normalized spacial score (nSPS) is 10.5. The van der Waals surface area contributed by atoms with Crippen LogP contribution in [0, 0.1) is 0 Å². The number of benzene rings is 2. The zero-order chi connectivity index (χ0) is 15.4. The molecule has 5 heteroatoms. The van der Waals surface area contributed by atoms with Gasteiger partial charge in [-0.1, -0.05) is 23.7 Å². The van der Waals surface area contributed by atoms with Crippen molar-refractivity contribution in [2.45, 2.75) is 6.54 Å². The smallest absolute Gasteiger partial charge is 0.183 e. The molecule has 0 aliphatic heterocycles. The Morgan fingerprint density at radius 2 is 1.82 bits per heavy atom. The number of hydrogen-bond acceptors (Lipinski definition) is 4. The Bertz CT molecular complexity index is 738. The molecule has 0 aliphatic carbocycles. The fourth-order valence-electron chi connectivity index (χ4n) is 2.03. The highest BCUT2D eigenvalue weighted by atomic mass is 35.5. The molecule has 0 spiro atoms. The monoisotopic (exact) mass is 330 g/mol. The molecule has 1 heterocycles. The molecule has 0 unspecified atom stereocenters. The minimum Gasteiger partial charge on any atom is -0.497 e. The quantitative estimate of drug-likeness (QED) is 0.708. The maximum Gasteiger partial charge on any atom is 0.183 e. The van der Waals surface area contributed by atoms with Crippen molar-refractivity contribution >= 4 is 28.1 Å². The molecule has 0 saturated carbocycles. The lowest BCUT2D eigenvalue weighted by atomic mass is 10.2. The van der Waals surface area contributed by atoms with E-state index in [0.29, 0.717) is 0 Å². The Morgan fingerprint density at radius 1 is 1.09 bits per heavy atom. The van der Waals surface area contributed by atoms with Crippen LogP contribution < -0.4 is 10.1 Å². The van der Waals surface area contributed by atoms with Crippen molar-refractivity contribution in [2.24, 2.45) is 0 Å². The van der Waals surface area contributed by atoms with Crippen LogP contribution >= 0.6 is 22.9 Å². The largest absolute Gasteiger partial charge is 0.497 e. The van der Waals surface area contributed by atoms with Crippen LogP contribution in [0.2, 0.25) is 5.02 Å². The number of rotatable bonds is 5. The van der Waals surface area contributed by atoms with Crippen molar-refractivity contribution in [2.75, 3.05) is 12.4 Å². The Balaban J connectivity index is 1.66. The van der Waals surface area contributed by atoms with E-state index in [-0.39, 0.29) is 0 Å². The number of hydrogen-bond donors (Lipinski definition) is 1. The molecule has 0 fully saturated rings. The van der Waals surface area contributed by atoms with Gasteiger partial charge in [-0.3, -0.25) is 0 Å². The van der Waals surface area contributed by atoms with Crippen molar-refractivity contribution in [3.63, 3.8) is 0 Å². The van der Waals surface area contributed by atoms with Gasteiger partial charge in [-0.25, -0.2) is 4.98 Å². The predicted molar refractivity (Wildman–Crippen MR) is 92.9 cm³/mol. The van der Waals surface area contributed by atoms with Crippen LogP contribution in [-0.4, -0.2) is 12.1 Å². The van der Waals surface area contributed by atoms with Gasteiger partial charge in [-0.2, -0.15) is 0 Å². The summed E-state index contributed by atoms with van der Waals surface area (Å²) in [6.07, 6.45) is 0. The molecule has 0 radical (unpaired) electrons. The number of nitrogens with one attached hydrogen (secondary N) is 1. The third-order valence-electron chi connectivity index (χ3n) is 3.25. The molecule has 0 saturated heterocycles. The van der Waals surface area contributed by atoms with Gasteiger partial charge in [0.2, 0.25) is 0 Å². The topological polar surface area (TPSA) is 34.1 Å². The Kier molecular flexibility index (Phi) is 4.61. The zero-order valence-electron chi connectivity index (χ0n) is 12.0. The highest BCUT2D eigenvalue weighted by Crippen LogP contribution is 2.26. The van der Waals surface area contributed by atoms with Crippen LogP contribution in [0.1, 0.15) is 5.56 Å². The number of methoxy groups -OCH3 is 1. The molecule has 112 valence electrons. The van der Waals surface area contributed by atoms with E-state index in [1.165, 1.54) is 5.56 Å². The lowest BCUT2D eigenvalue weighted by Gasteiger charge is -2.03. The van der Waals surface area contributed by atoms with E-state index in [2.05, 4.69) is 10.3 Å². The van der Waals surface area contributed by atoms with Crippen LogP contribution in [0.3, 0.4) is 0 Å². The summed E-state index contributed by atoms with van der Waals surface area (Å²) in [5.41, 5.74) is 3.22. The van der Waals surface area contributed by atoms with E-state index in [9.17, 15) is 0 Å². The minimum atomic E-state index is 0.729. The first-order valence-electron chi connectivity index (χ1n) is 6.83. The molecule has 0 amide bonds. The fourth-order valence-corrected chi connectivity index (χ4v) is 2.87. The van der Waals surface area contributed by atoms with Crippen LogP contribution in [-0.2, 0) is 6.54 Å². The van der Waals surface area contributed by atoms with Gasteiger partial charge in [0.25, 0.3) is 0 Å². The lowest BCUT2D eigenvalue weighted by molar-refractivity contribution is 0.415. The molecular formula is C17H15ClN2OS. The van der Waals surface area contributed by atoms with Crippen LogP contribution in [0.5, 0.6) is 5.75 Å². The van der Waals surface area contributed by atoms with Crippen molar-refractivity contribution < 1.29 is 4.74 Å². The van der Waals surface area contributed by atoms with Gasteiger partial charge in [0.05, 0.1) is 12.8 Å². The Labute approximate surface area is 138 Å². The van der Waals surface area contributed by atoms with Crippen molar-refractivity contribution in [1.82, 2.24) is 4.98 Å². The molecule has 1 N–H and O–H groups in total. The maximum atomic E-state index is 5.88. The summed E-state index contributed by atoms with van der Waals surface area (Å²) < 4.78 is 5.17. The third-order valence-corrected chi connectivity index (χ3v) is 4.30. The first-order valence-corrected chi connectivity index (χ1v) is 8.08. The van der Waals surface area contributed by atoms with E-state index in [1.54, 1.807) is 18.4 Å². The summed E-state index contributed by atoms with van der Waals surface area (Å²) in [6, 6.07) is 15.7. The summed E-state index contributed by atoms with van der Waals surface area (Å²) in [5.74, 6) is 0.847. The van der Waals surface area contributed by atoms with Crippen LogP contribution in [0.25, 0.3) is 11.3 Å². The first-order chi connectivity index (χ1) is 10.7. The highest BCUT2D eigenvalue weighted by molar-refractivity contribution is 7.14. The standard InChI is InChI=1S/C17H15ClN2OS/c1-21-15-8-4-13(5-9-15)16-11-22-17(20-16)19-10-12-2-6-14(18)7-3-12/h2-9,11H,10H2,1H3,(H,19,20). The summed E-state index contributed by atoms with van der Waals surface area (Å²) in [7, 11) is 1.66. The average molecular weight is 331 g/mol. The molecular weight excluding hydrogens is 316 g/mol. The summed E-state index contributed by atoms with van der Waals surface area (Å²) in [4.78, 5) is 4.61. The number of thiazole rings is 1. The first kappa shape index (κ1) is 14.9. The molecule has 0 atom stereocenters. The van der Waals surface area contributed by atoms with Crippen LogP contribution in [0.4, 0.5) is 5.13 Å². The van der Waals surface area contributed by atoms with Gasteiger partial charge < -0.3 is 10.1 Å². The van der Waals surface area contributed by atoms with E-state index in [0.717, 1.165) is 33.7 Å². The van der Waals surface area contributed by atoms with Gasteiger partial charge in [0.1, 0.15) is 5.75 Å². The van der Waals surface area contributed by atoms with Gasteiger partial charge in [-0.05, 0) is 42.0 Å². The van der Waals surface area contributed by atoms with E-state index < -0.39 is 0 Å². The summed E-state index contributed by atoms with van der Waals surface area (Å²) in [6.45, 7) is 0.729. The lowest BCUT2D eigenvalue weighted by Crippen LogP contribution is -1.98. The fraction of sp³-hybridized carbons (Fsp3) is 0.118. The number of nitrogens with zero attached hydrogens (tertiary/aromatic N) is 1. The van der Waals surface area contributed by atoms with Gasteiger partial charge in [-0.15, -0.1) is 11.3 Å². The number of halogens is 1. The maximum absolute atomic E-state index is 5.88. The number of anilines is 1. The SMILES string of the molecule is COc1ccc(-c2csc(NCc3ccc(Cl)cc3)n2)cc1.